The first-order valence-corrected chi connectivity index (χ1v) is 9.09. The van der Waals surface area contributed by atoms with Gasteiger partial charge in [-0.05, 0) is 46.7 Å². The van der Waals surface area contributed by atoms with Crippen LogP contribution >= 0.6 is 27.7 Å². The standard InChI is InChI=1S/C15H21BrF3N3S/c1-20-14(22-10-8-15(17,18)19)21-9-4-5-11-23-13-7-3-2-6-12(13)16/h2-3,6-7H,4-5,8-11H2,1H3,(H2,20,21,22). The number of halogens is 4. The molecule has 0 aliphatic rings. The highest BCUT2D eigenvalue weighted by Crippen LogP contribution is 2.27. The van der Waals surface area contributed by atoms with E-state index < -0.39 is 12.6 Å². The number of unbranched alkanes of at least 4 members (excludes halogenated alkanes) is 1. The second-order valence-corrected chi connectivity index (χ2v) is 6.77. The van der Waals surface area contributed by atoms with E-state index in [0.29, 0.717) is 12.5 Å². The SMILES string of the molecule is CN=C(NCCCCSc1ccccc1Br)NCCC(F)(F)F. The Balaban J connectivity index is 2.10. The summed E-state index contributed by atoms with van der Waals surface area (Å²) in [6.07, 6.45) is -3.07. The molecule has 1 rings (SSSR count). The first kappa shape index (κ1) is 20.2. The van der Waals surface area contributed by atoms with Crippen LogP contribution in [0.5, 0.6) is 0 Å². The van der Waals surface area contributed by atoms with E-state index >= 15 is 0 Å². The lowest BCUT2D eigenvalue weighted by atomic mass is 10.3. The third-order valence-electron chi connectivity index (χ3n) is 2.88. The predicted molar refractivity (Wildman–Crippen MR) is 94.1 cm³/mol. The quantitative estimate of drug-likeness (QED) is 0.287. The number of nitrogens with one attached hydrogen (secondary N) is 2. The van der Waals surface area contributed by atoms with Crippen molar-refractivity contribution >= 4 is 33.7 Å². The maximum Gasteiger partial charge on any atom is 0.390 e. The lowest BCUT2D eigenvalue weighted by Crippen LogP contribution is -2.39. The van der Waals surface area contributed by atoms with Gasteiger partial charge < -0.3 is 10.6 Å². The smallest absolute Gasteiger partial charge is 0.356 e. The minimum absolute atomic E-state index is 0.166. The fraction of sp³-hybridized carbons (Fsp3) is 0.533. The summed E-state index contributed by atoms with van der Waals surface area (Å²) in [7, 11) is 1.55. The van der Waals surface area contributed by atoms with Gasteiger partial charge in [-0.2, -0.15) is 13.2 Å². The van der Waals surface area contributed by atoms with Gasteiger partial charge in [-0.1, -0.05) is 12.1 Å². The molecule has 0 aromatic heterocycles. The Morgan fingerprint density at radius 1 is 1.17 bits per heavy atom. The Morgan fingerprint density at radius 3 is 2.52 bits per heavy atom. The maximum atomic E-state index is 12.1. The summed E-state index contributed by atoms with van der Waals surface area (Å²) in [5.74, 6) is 1.40. The van der Waals surface area contributed by atoms with Crippen LogP contribution in [0.3, 0.4) is 0 Å². The van der Waals surface area contributed by atoms with E-state index in [1.54, 1.807) is 18.8 Å². The summed E-state index contributed by atoms with van der Waals surface area (Å²) in [5, 5.41) is 5.68. The molecule has 0 aliphatic heterocycles. The molecule has 0 bridgehead atoms. The van der Waals surface area contributed by atoms with Gasteiger partial charge in [-0.3, -0.25) is 4.99 Å². The first-order chi connectivity index (χ1) is 10.9. The Hall–Kier alpha value is -0.890. The lowest BCUT2D eigenvalue weighted by Gasteiger charge is -2.12. The monoisotopic (exact) mass is 411 g/mol. The van der Waals surface area contributed by atoms with Crippen molar-refractivity contribution in [2.45, 2.75) is 30.3 Å². The van der Waals surface area contributed by atoms with E-state index in [1.165, 1.54) is 4.90 Å². The molecule has 0 atom stereocenters. The molecule has 0 radical (unpaired) electrons. The molecule has 1 aromatic carbocycles. The summed E-state index contributed by atoms with van der Waals surface area (Å²) in [5.41, 5.74) is 0. The van der Waals surface area contributed by atoms with Crippen molar-refractivity contribution in [3.8, 4) is 0 Å². The molecule has 0 spiro atoms. The van der Waals surface area contributed by atoms with Crippen LogP contribution in [0, 0.1) is 0 Å². The van der Waals surface area contributed by atoms with Gasteiger partial charge in [-0.15, -0.1) is 11.8 Å². The number of alkyl halides is 3. The molecule has 2 N–H and O–H groups in total. The number of aliphatic imine (C=N–C) groups is 1. The van der Waals surface area contributed by atoms with E-state index in [4.69, 9.17) is 0 Å². The molecular formula is C15H21BrF3N3S. The van der Waals surface area contributed by atoms with E-state index in [0.717, 1.165) is 23.1 Å². The summed E-state index contributed by atoms with van der Waals surface area (Å²) < 4.78 is 37.3. The molecule has 0 amide bonds. The highest BCUT2D eigenvalue weighted by molar-refractivity contribution is 9.10. The predicted octanol–water partition coefficient (Wildman–Crippen LogP) is 4.44. The zero-order valence-electron chi connectivity index (χ0n) is 12.9. The van der Waals surface area contributed by atoms with Gasteiger partial charge in [-0.25, -0.2) is 0 Å². The van der Waals surface area contributed by atoms with E-state index in [2.05, 4.69) is 37.6 Å². The molecule has 1 aromatic rings. The summed E-state index contributed by atoms with van der Waals surface area (Å²) in [6.45, 7) is 0.517. The van der Waals surface area contributed by atoms with Gasteiger partial charge in [0.05, 0.1) is 6.42 Å². The third-order valence-corrected chi connectivity index (χ3v) is 5.00. The van der Waals surface area contributed by atoms with Gasteiger partial charge in [0.1, 0.15) is 0 Å². The average Bonchev–Trinajstić information content (AvgIpc) is 2.49. The molecule has 0 aliphatic carbocycles. The van der Waals surface area contributed by atoms with Crippen molar-refractivity contribution in [3.63, 3.8) is 0 Å². The van der Waals surface area contributed by atoms with Crippen molar-refractivity contribution in [3.05, 3.63) is 28.7 Å². The van der Waals surface area contributed by atoms with Crippen LogP contribution < -0.4 is 10.6 Å². The normalized spacial score (nSPS) is 12.3. The van der Waals surface area contributed by atoms with Gasteiger partial charge in [0, 0.05) is 29.5 Å². The third kappa shape index (κ3) is 9.76. The minimum Gasteiger partial charge on any atom is -0.356 e. The summed E-state index contributed by atoms with van der Waals surface area (Å²) in [6, 6.07) is 8.07. The molecular weight excluding hydrogens is 391 g/mol. The topological polar surface area (TPSA) is 36.4 Å². The van der Waals surface area contributed by atoms with Crippen LogP contribution in [0.15, 0.2) is 38.6 Å². The Kier molecular flexibility index (Phi) is 9.47. The van der Waals surface area contributed by atoms with Crippen LogP contribution in [0.2, 0.25) is 0 Å². The summed E-state index contributed by atoms with van der Waals surface area (Å²) >= 11 is 5.29. The number of rotatable bonds is 8. The number of guanidine groups is 1. The molecule has 3 nitrogen and oxygen atoms in total. The second-order valence-electron chi connectivity index (χ2n) is 4.78. The molecule has 0 fully saturated rings. The zero-order valence-corrected chi connectivity index (χ0v) is 15.3. The van der Waals surface area contributed by atoms with Crippen LogP contribution in [0.4, 0.5) is 13.2 Å². The molecule has 0 saturated heterocycles. The van der Waals surface area contributed by atoms with E-state index in [1.807, 2.05) is 18.2 Å². The first-order valence-electron chi connectivity index (χ1n) is 7.31. The fourth-order valence-electron chi connectivity index (χ4n) is 1.72. The number of hydrogen-bond donors (Lipinski definition) is 2. The number of benzene rings is 1. The molecule has 130 valence electrons. The van der Waals surface area contributed by atoms with Gasteiger partial charge in [0.2, 0.25) is 0 Å². The maximum absolute atomic E-state index is 12.1. The molecule has 8 heteroatoms. The Bertz CT molecular complexity index is 495. The van der Waals surface area contributed by atoms with Crippen molar-refractivity contribution in [1.82, 2.24) is 10.6 Å². The van der Waals surface area contributed by atoms with Gasteiger partial charge in [0.15, 0.2) is 5.96 Å². The minimum atomic E-state index is -4.14. The second kappa shape index (κ2) is 10.8. The highest BCUT2D eigenvalue weighted by atomic mass is 79.9. The molecule has 0 heterocycles. The van der Waals surface area contributed by atoms with Crippen LogP contribution in [-0.2, 0) is 0 Å². The Labute approximate surface area is 147 Å². The number of thioether (sulfide) groups is 1. The fourth-order valence-corrected chi connectivity index (χ4v) is 3.30. The van der Waals surface area contributed by atoms with Crippen molar-refractivity contribution in [2.75, 3.05) is 25.9 Å². The lowest BCUT2D eigenvalue weighted by molar-refractivity contribution is -0.132. The molecule has 0 unspecified atom stereocenters. The number of hydrogen-bond acceptors (Lipinski definition) is 2. The van der Waals surface area contributed by atoms with Gasteiger partial charge >= 0.3 is 6.18 Å². The molecule has 0 saturated carbocycles. The van der Waals surface area contributed by atoms with E-state index in [9.17, 15) is 13.2 Å². The van der Waals surface area contributed by atoms with E-state index in [-0.39, 0.29) is 6.54 Å². The van der Waals surface area contributed by atoms with Gasteiger partial charge in [0.25, 0.3) is 0 Å². The average molecular weight is 412 g/mol. The van der Waals surface area contributed by atoms with Crippen LogP contribution in [-0.4, -0.2) is 38.0 Å². The van der Waals surface area contributed by atoms with Crippen molar-refractivity contribution in [2.24, 2.45) is 4.99 Å². The van der Waals surface area contributed by atoms with Crippen molar-refractivity contribution in [1.29, 1.82) is 0 Å². The van der Waals surface area contributed by atoms with Crippen molar-refractivity contribution < 1.29 is 13.2 Å². The zero-order chi connectivity index (χ0) is 17.1. The number of nitrogens with zero attached hydrogens (tertiary/aromatic N) is 1. The van der Waals surface area contributed by atoms with Crippen LogP contribution in [0.1, 0.15) is 19.3 Å². The largest absolute Gasteiger partial charge is 0.390 e. The Morgan fingerprint density at radius 2 is 1.87 bits per heavy atom. The highest BCUT2D eigenvalue weighted by Gasteiger charge is 2.26. The summed E-state index contributed by atoms with van der Waals surface area (Å²) in [4.78, 5) is 5.11. The molecule has 23 heavy (non-hydrogen) atoms. The van der Waals surface area contributed by atoms with Crippen LogP contribution in [0.25, 0.3) is 0 Å².